The molecule has 0 atom stereocenters. The number of halogens is 2. The topological polar surface area (TPSA) is 44.5 Å². The number of benzene rings is 2. The summed E-state index contributed by atoms with van der Waals surface area (Å²) in [6.07, 6.45) is 0. The van der Waals surface area contributed by atoms with E-state index in [4.69, 9.17) is 26.8 Å². The van der Waals surface area contributed by atoms with E-state index in [1.54, 1.807) is 24.9 Å². The molecule has 0 heterocycles. The van der Waals surface area contributed by atoms with Crippen LogP contribution in [0.2, 0.25) is 5.02 Å². The molecule has 0 saturated heterocycles. The van der Waals surface area contributed by atoms with Crippen LogP contribution >= 0.6 is 39.3 Å². The van der Waals surface area contributed by atoms with E-state index in [0.717, 1.165) is 32.3 Å². The molecule has 0 aromatic heterocycles. The Morgan fingerprint density at radius 3 is 2.76 bits per heavy atom. The predicted octanol–water partition coefficient (Wildman–Crippen LogP) is 4.86. The van der Waals surface area contributed by atoms with Gasteiger partial charge in [-0.2, -0.15) is 0 Å². The number of ether oxygens (including phenoxy) is 2. The second-order valence-corrected chi connectivity index (χ2v) is 6.60. The predicted molar refractivity (Wildman–Crippen MR) is 92.8 cm³/mol. The van der Waals surface area contributed by atoms with Crippen LogP contribution in [0.5, 0.6) is 11.5 Å². The molecule has 6 heteroatoms. The Balaban J connectivity index is 1.87. The average molecular weight is 389 g/mol. The highest BCUT2D eigenvalue weighted by Crippen LogP contribution is 2.30. The number of methoxy groups -OCH3 is 1. The normalized spacial score (nSPS) is 10.4. The summed E-state index contributed by atoms with van der Waals surface area (Å²) in [5.74, 6) is 2.36. The maximum atomic E-state index is 5.94. The molecule has 0 spiro atoms. The van der Waals surface area contributed by atoms with Gasteiger partial charge in [-0.25, -0.2) is 0 Å². The van der Waals surface area contributed by atoms with Crippen molar-refractivity contribution < 1.29 is 9.47 Å². The third-order valence-electron chi connectivity index (χ3n) is 2.71. The van der Waals surface area contributed by atoms with Crippen LogP contribution in [-0.2, 0) is 0 Å². The first-order valence-corrected chi connectivity index (χ1v) is 8.40. The smallest absolute Gasteiger partial charge is 0.133 e. The maximum Gasteiger partial charge on any atom is 0.133 e. The summed E-state index contributed by atoms with van der Waals surface area (Å²) in [6.45, 7) is 0.571. The molecule has 2 aromatic carbocycles. The van der Waals surface area contributed by atoms with Crippen LogP contribution < -0.4 is 15.2 Å². The van der Waals surface area contributed by atoms with Crippen LogP contribution in [0.25, 0.3) is 0 Å². The molecule has 2 aromatic rings. The van der Waals surface area contributed by atoms with Crippen LogP contribution in [0.3, 0.4) is 0 Å². The first-order valence-electron chi connectivity index (χ1n) is 6.24. The van der Waals surface area contributed by atoms with Crippen LogP contribution in [0.4, 0.5) is 5.69 Å². The lowest BCUT2D eigenvalue weighted by Gasteiger charge is -2.10. The van der Waals surface area contributed by atoms with Gasteiger partial charge in [0, 0.05) is 21.4 Å². The molecule has 112 valence electrons. The minimum absolute atomic E-state index is 0.571. The van der Waals surface area contributed by atoms with Gasteiger partial charge in [0.25, 0.3) is 0 Å². The lowest BCUT2D eigenvalue weighted by Crippen LogP contribution is -2.01. The van der Waals surface area contributed by atoms with Crippen molar-refractivity contribution in [1.82, 2.24) is 0 Å². The number of nitrogen functional groups attached to an aromatic ring is 1. The Kier molecular flexibility index (Phi) is 6.08. The fraction of sp³-hybridized carbons (Fsp3) is 0.200. The van der Waals surface area contributed by atoms with Gasteiger partial charge in [0.2, 0.25) is 0 Å². The van der Waals surface area contributed by atoms with Gasteiger partial charge in [-0.3, -0.25) is 0 Å². The van der Waals surface area contributed by atoms with E-state index in [0.29, 0.717) is 11.6 Å². The van der Waals surface area contributed by atoms with Gasteiger partial charge in [-0.15, -0.1) is 11.8 Å². The first-order chi connectivity index (χ1) is 10.1. The molecule has 0 unspecified atom stereocenters. The van der Waals surface area contributed by atoms with Crippen LogP contribution in [0, 0.1) is 0 Å². The van der Waals surface area contributed by atoms with Gasteiger partial charge in [-0.1, -0.05) is 11.6 Å². The fourth-order valence-corrected chi connectivity index (χ4v) is 3.28. The Bertz CT molecular complexity index is 625. The highest BCUT2D eigenvalue weighted by atomic mass is 79.9. The van der Waals surface area contributed by atoms with Gasteiger partial charge < -0.3 is 15.2 Å². The zero-order valence-corrected chi connectivity index (χ0v) is 14.6. The minimum Gasteiger partial charge on any atom is -0.497 e. The van der Waals surface area contributed by atoms with E-state index in [9.17, 15) is 0 Å². The van der Waals surface area contributed by atoms with E-state index >= 15 is 0 Å². The van der Waals surface area contributed by atoms with E-state index < -0.39 is 0 Å². The summed E-state index contributed by atoms with van der Waals surface area (Å²) in [7, 11) is 1.64. The molecule has 0 aliphatic carbocycles. The molecular weight excluding hydrogens is 374 g/mol. The van der Waals surface area contributed by atoms with E-state index in [1.165, 1.54) is 0 Å². The standard InChI is InChI=1S/C15H15BrClNO2S/c1-19-11-3-4-13(18)15(9-11)21-7-6-20-14-5-2-10(17)8-12(14)16/h2-5,8-9H,6-7,18H2,1H3. The number of thioether (sulfide) groups is 1. The average Bonchev–Trinajstić information content (AvgIpc) is 2.47. The van der Waals surface area contributed by atoms with Crippen molar-refractivity contribution in [1.29, 1.82) is 0 Å². The second-order valence-electron chi connectivity index (χ2n) is 4.18. The Morgan fingerprint density at radius 2 is 2.05 bits per heavy atom. The van der Waals surface area contributed by atoms with Crippen molar-refractivity contribution in [3.63, 3.8) is 0 Å². The monoisotopic (exact) mass is 387 g/mol. The van der Waals surface area contributed by atoms with Gasteiger partial charge in [0.1, 0.15) is 11.5 Å². The van der Waals surface area contributed by atoms with Crippen molar-refractivity contribution >= 4 is 45.0 Å². The molecule has 0 radical (unpaired) electrons. The van der Waals surface area contributed by atoms with Gasteiger partial charge in [-0.05, 0) is 52.3 Å². The van der Waals surface area contributed by atoms with Gasteiger partial charge in [0.05, 0.1) is 18.2 Å². The Labute approximate surface area is 141 Å². The molecule has 2 N–H and O–H groups in total. The quantitative estimate of drug-likeness (QED) is 0.436. The number of hydrogen-bond donors (Lipinski definition) is 1. The van der Waals surface area contributed by atoms with Gasteiger partial charge in [0.15, 0.2) is 0 Å². The zero-order chi connectivity index (χ0) is 15.2. The lowest BCUT2D eigenvalue weighted by atomic mass is 10.3. The molecule has 3 nitrogen and oxygen atoms in total. The SMILES string of the molecule is COc1ccc(N)c(SCCOc2ccc(Cl)cc2Br)c1. The van der Waals surface area contributed by atoms with Crippen molar-refractivity contribution in [2.24, 2.45) is 0 Å². The summed E-state index contributed by atoms with van der Waals surface area (Å²) >= 11 is 10.9. The molecule has 0 amide bonds. The summed E-state index contributed by atoms with van der Waals surface area (Å²) in [5.41, 5.74) is 6.68. The minimum atomic E-state index is 0.571. The van der Waals surface area contributed by atoms with Crippen LogP contribution in [0.1, 0.15) is 0 Å². The second kappa shape index (κ2) is 7.82. The number of nitrogens with two attached hydrogens (primary N) is 1. The third kappa shape index (κ3) is 4.73. The molecule has 0 fully saturated rings. The highest BCUT2D eigenvalue weighted by Gasteiger charge is 2.04. The first kappa shape index (κ1) is 16.3. The fourth-order valence-electron chi connectivity index (χ4n) is 1.66. The zero-order valence-electron chi connectivity index (χ0n) is 11.4. The molecule has 0 aliphatic heterocycles. The highest BCUT2D eigenvalue weighted by molar-refractivity contribution is 9.10. The Hall–Kier alpha value is -1.04. The van der Waals surface area contributed by atoms with Crippen molar-refractivity contribution in [2.75, 3.05) is 25.2 Å². The van der Waals surface area contributed by atoms with E-state index in [2.05, 4.69) is 15.9 Å². The van der Waals surface area contributed by atoms with Gasteiger partial charge >= 0.3 is 0 Å². The van der Waals surface area contributed by atoms with E-state index in [1.807, 2.05) is 30.3 Å². The molecule has 0 bridgehead atoms. The summed E-state index contributed by atoms with van der Waals surface area (Å²) in [6, 6.07) is 11.1. The Morgan fingerprint density at radius 1 is 1.24 bits per heavy atom. The van der Waals surface area contributed by atoms with Crippen molar-refractivity contribution in [3.05, 3.63) is 45.9 Å². The molecular formula is C15H15BrClNO2S. The molecule has 2 rings (SSSR count). The van der Waals surface area contributed by atoms with Crippen LogP contribution in [0.15, 0.2) is 45.8 Å². The number of rotatable bonds is 6. The lowest BCUT2D eigenvalue weighted by molar-refractivity contribution is 0.342. The summed E-state index contributed by atoms with van der Waals surface area (Å²) in [4.78, 5) is 0.994. The van der Waals surface area contributed by atoms with Crippen molar-refractivity contribution in [3.8, 4) is 11.5 Å². The van der Waals surface area contributed by atoms with E-state index in [-0.39, 0.29) is 0 Å². The summed E-state index contributed by atoms with van der Waals surface area (Å²) in [5, 5.41) is 0.674. The number of hydrogen-bond acceptors (Lipinski definition) is 4. The number of anilines is 1. The van der Waals surface area contributed by atoms with Crippen LogP contribution in [-0.4, -0.2) is 19.5 Å². The maximum absolute atomic E-state index is 5.94. The molecule has 0 aliphatic rings. The molecule has 0 saturated carbocycles. The third-order valence-corrected chi connectivity index (χ3v) is 4.60. The molecule has 21 heavy (non-hydrogen) atoms. The van der Waals surface area contributed by atoms with Crippen molar-refractivity contribution in [2.45, 2.75) is 4.90 Å². The summed E-state index contributed by atoms with van der Waals surface area (Å²) < 4.78 is 11.8. The largest absolute Gasteiger partial charge is 0.497 e.